The van der Waals surface area contributed by atoms with E-state index in [1.54, 1.807) is 19.1 Å². The van der Waals surface area contributed by atoms with Gasteiger partial charge in [0.2, 0.25) is 0 Å². The number of aryl methyl sites for hydroxylation is 1. The summed E-state index contributed by atoms with van der Waals surface area (Å²) >= 11 is 6.56. The third-order valence-electron chi connectivity index (χ3n) is 7.52. The molecule has 40 heavy (non-hydrogen) atoms. The van der Waals surface area contributed by atoms with Crippen LogP contribution in [0.1, 0.15) is 78.0 Å². The SMILES string of the molecule is COC(=O)[C@@H](C)Oc1ccc(Cl)c(Cn2c(C)c(C)c3cc(C(=O)N[C@@H](C)c4cccc(C(C)C)c4)ccc32)c1. The highest BCUT2D eigenvalue weighted by molar-refractivity contribution is 6.31. The van der Waals surface area contributed by atoms with Crippen LogP contribution in [0.4, 0.5) is 0 Å². The smallest absolute Gasteiger partial charge is 0.346 e. The highest BCUT2D eigenvalue weighted by atomic mass is 35.5. The second-order valence-electron chi connectivity index (χ2n) is 10.6. The molecule has 1 N–H and O–H groups in total. The molecule has 0 saturated carbocycles. The third-order valence-corrected chi connectivity index (χ3v) is 7.89. The Hall–Kier alpha value is -3.77. The number of carbonyl (C=O) groups is 2. The first kappa shape index (κ1) is 29.2. The summed E-state index contributed by atoms with van der Waals surface area (Å²) in [6.45, 7) is 12.6. The molecule has 4 rings (SSSR count). The molecule has 0 saturated heterocycles. The van der Waals surface area contributed by atoms with Crippen molar-refractivity contribution in [2.45, 2.75) is 66.2 Å². The molecule has 210 valence electrons. The Morgan fingerprint density at radius 3 is 2.38 bits per heavy atom. The normalized spacial score (nSPS) is 12.8. The topological polar surface area (TPSA) is 69.6 Å². The van der Waals surface area contributed by atoms with E-state index in [4.69, 9.17) is 21.1 Å². The lowest BCUT2D eigenvalue weighted by atomic mass is 9.98. The minimum atomic E-state index is -0.734. The maximum atomic E-state index is 13.2. The number of methoxy groups -OCH3 is 1. The standard InChI is InChI=1S/C33H37ClN2O4/c1-19(2)24-9-8-10-25(15-24)21(4)35-32(37)26-11-14-31-29(17-26)20(3)22(5)36(31)18-27-16-28(12-13-30(27)34)40-23(6)33(38)39-7/h8-17,19,21,23H,18H2,1-7H3,(H,35,37)/t21-,23+/m0/s1. The van der Waals surface area contributed by atoms with Gasteiger partial charge in [-0.05, 0) is 92.3 Å². The molecule has 3 aromatic carbocycles. The predicted molar refractivity (Wildman–Crippen MR) is 160 cm³/mol. The summed E-state index contributed by atoms with van der Waals surface area (Å²) in [4.78, 5) is 25.0. The highest BCUT2D eigenvalue weighted by Crippen LogP contribution is 2.30. The van der Waals surface area contributed by atoms with Crippen LogP contribution in [0, 0.1) is 13.8 Å². The molecule has 0 aliphatic rings. The predicted octanol–water partition coefficient (Wildman–Crippen LogP) is 7.51. The van der Waals surface area contributed by atoms with E-state index < -0.39 is 12.1 Å². The number of hydrogen-bond donors (Lipinski definition) is 1. The molecule has 4 aromatic rings. The van der Waals surface area contributed by atoms with E-state index in [0.29, 0.717) is 28.8 Å². The van der Waals surface area contributed by atoms with Crippen LogP contribution < -0.4 is 10.1 Å². The van der Waals surface area contributed by atoms with E-state index in [-0.39, 0.29) is 11.9 Å². The maximum absolute atomic E-state index is 13.2. The third kappa shape index (κ3) is 6.18. The molecule has 1 heterocycles. The van der Waals surface area contributed by atoms with Crippen LogP contribution in [0.2, 0.25) is 5.02 Å². The number of nitrogens with zero attached hydrogens (tertiary/aromatic N) is 1. The Labute approximate surface area is 241 Å². The van der Waals surface area contributed by atoms with Gasteiger partial charge in [0, 0.05) is 33.7 Å². The molecule has 2 atom stereocenters. The van der Waals surface area contributed by atoms with E-state index in [0.717, 1.165) is 33.3 Å². The molecular formula is C33H37ClN2O4. The Morgan fingerprint density at radius 1 is 0.950 bits per heavy atom. The average molecular weight is 561 g/mol. The lowest BCUT2D eigenvalue weighted by Gasteiger charge is -2.17. The van der Waals surface area contributed by atoms with Crippen molar-refractivity contribution in [1.29, 1.82) is 0 Å². The molecule has 1 amide bonds. The van der Waals surface area contributed by atoms with Gasteiger partial charge in [-0.1, -0.05) is 49.7 Å². The van der Waals surface area contributed by atoms with Crippen LogP contribution in [0.3, 0.4) is 0 Å². The van der Waals surface area contributed by atoms with Crippen LogP contribution >= 0.6 is 11.6 Å². The average Bonchev–Trinajstić information content (AvgIpc) is 3.18. The van der Waals surface area contributed by atoms with E-state index in [1.807, 2.05) is 37.3 Å². The molecule has 0 radical (unpaired) electrons. The fourth-order valence-corrected chi connectivity index (χ4v) is 5.06. The first-order chi connectivity index (χ1) is 19.0. The van der Waals surface area contributed by atoms with Gasteiger partial charge in [-0.3, -0.25) is 4.79 Å². The van der Waals surface area contributed by atoms with Gasteiger partial charge in [-0.2, -0.15) is 0 Å². The molecular weight excluding hydrogens is 524 g/mol. The van der Waals surface area contributed by atoms with Crippen LogP contribution in [0.15, 0.2) is 60.7 Å². The van der Waals surface area contributed by atoms with Crippen molar-refractivity contribution in [3.8, 4) is 5.75 Å². The molecule has 0 unspecified atom stereocenters. The number of benzene rings is 3. The summed E-state index contributed by atoms with van der Waals surface area (Å²) in [6.07, 6.45) is -0.734. The second-order valence-corrected chi connectivity index (χ2v) is 11.0. The number of carbonyl (C=O) groups excluding carboxylic acids is 2. The van der Waals surface area contributed by atoms with Gasteiger partial charge in [0.1, 0.15) is 5.75 Å². The highest BCUT2D eigenvalue weighted by Gasteiger charge is 2.19. The van der Waals surface area contributed by atoms with Crippen molar-refractivity contribution in [1.82, 2.24) is 9.88 Å². The first-order valence-electron chi connectivity index (χ1n) is 13.5. The number of ether oxygens (including phenoxy) is 2. The van der Waals surface area contributed by atoms with Crippen LogP contribution in [0.25, 0.3) is 10.9 Å². The van der Waals surface area contributed by atoms with Gasteiger partial charge in [0.25, 0.3) is 5.91 Å². The number of aromatic nitrogens is 1. The zero-order chi connectivity index (χ0) is 29.1. The zero-order valence-corrected chi connectivity index (χ0v) is 24.9. The minimum absolute atomic E-state index is 0.109. The Bertz CT molecular complexity index is 1560. The van der Waals surface area contributed by atoms with Crippen molar-refractivity contribution in [3.63, 3.8) is 0 Å². The monoisotopic (exact) mass is 560 g/mol. The van der Waals surface area contributed by atoms with Gasteiger partial charge in [-0.15, -0.1) is 0 Å². The van der Waals surface area contributed by atoms with Crippen molar-refractivity contribution in [2.75, 3.05) is 7.11 Å². The minimum Gasteiger partial charge on any atom is -0.479 e. The summed E-state index contributed by atoms with van der Waals surface area (Å²) in [5, 5.41) is 4.77. The van der Waals surface area contributed by atoms with Gasteiger partial charge >= 0.3 is 5.97 Å². The summed E-state index contributed by atoms with van der Waals surface area (Å²) in [5.41, 5.74) is 7.00. The molecule has 0 spiro atoms. The van der Waals surface area contributed by atoms with Gasteiger partial charge in [0.05, 0.1) is 13.2 Å². The molecule has 7 heteroatoms. The van der Waals surface area contributed by atoms with Crippen LogP contribution in [-0.2, 0) is 16.1 Å². The van der Waals surface area contributed by atoms with Crippen molar-refractivity contribution in [3.05, 3.63) is 99.2 Å². The molecule has 0 fully saturated rings. The Balaban J connectivity index is 1.58. The Morgan fingerprint density at radius 2 is 1.68 bits per heavy atom. The number of nitrogens with one attached hydrogen (secondary N) is 1. The van der Waals surface area contributed by atoms with Gasteiger partial charge in [-0.25, -0.2) is 4.79 Å². The first-order valence-corrected chi connectivity index (χ1v) is 13.9. The lowest BCUT2D eigenvalue weighted by Crippen LogP contribution is -2.26. The summed E-state index contributed by atoms with van der Waals surface area (Å²) < 4.78 is 12.7. The van der Waals surface area contributed by atoms with Gasteiger partial charge in [0.15, 0.2) is 6.10 Å². The maximum Gasteiger partial charge on any atom is 0.346 e. The zero-order valence-electron chi connectivity index (χ0n) is 24.2. The van der Waals surface area contributed by atoms with Crippen molar-refractivity contribution in [2.24, 2.45) is 0 Å². The van der Waals surface area contributed by atoms with E-state index >= 15 is 0 Å². The van der Waals surface area contributed by atoms with E-state index in [9.17, 15) is 9.59 Å². The molecule has 6 nitrogen and oxygen atoms in total. The van der Waals surface area contributed by atoms with Crippen LogP contribution in [-0.4, -0.2) is 29.7 Å². The Kier molecular flexibility index (Phi) is 8.89. The number of hydrogen-bond acceptors (Lipinski definition) is 4. The largest absolute Gasteiger partial charge is 0.479 e. The fraction of sp³-hybridized carbons (Fsp3) is 0.333. The summed E-state index contributed by atoms with van der Waals surface area (Å²) in [6, 6.07) is 19.4. The van der Waals surface area contributed by atoms with E-state index in [2.05, 4.69) is 55.8 Å². The number of rotatable bonds is 9. The number of fused-ring (bicyclic) bond motifs is 1. The number of halogens is 1. The van der Waals surface area contributed by atoms with E-state index in [1.165, 1.54) is 12.7 Å². The summed E-state index contributed by atoms with van der Waals surface area (Å²) in [7, 11) is 1.33. The lowest BCUT2D eigenvalue weighted by molar-refractivity contribution is -0.147. The van der Waals surface area contributed by atoms with Gasteiger partial charge < -0.3 is 19.4 Å². The number of esters is 1. The van der Waals surface area contributed by atoms with Crippen LogP contribution in [0.5, 0.6) is 5.75 Å². The second kappa shape index (κ2) is 12.2. The number of amides is 1. The summed E-state index contributed by atoms with van der Waals surface area (Å²) in [5.74, 6) is 0.406. The quantitative estimate of drug-likeness (QED) is 0.215. The fourth-order valence-electron chi connectivity index (χ4n) is 4.88. The molecule has 0 aliphatic heterocycles. The van der Waals surface area contributed by atoms with Crippen molar-refractivity contribution < 1.29 is 19.1 Å². The molecule has 0 bridgehead atoms. The van der Waals surface area contributed by atoms with Crippen molar-refractivity contribution >= 4 is 34.4 Å². The molecule has 1 aromatic heterocycles. The molecule has 0 aliphatic carbocycles.